The van der Waals surface area contributed by atoms with Crippen LogP contribution in [0.3, 0.4) is 0 Å². The number of carbonyl (C=O) groups excluding carboxylic acids is 1. The summed E-state index contributed by atoms with van der Waals surface area (Å²) in [7, 11) is 0. The van der Waals surface area contributed by atoms with Crippen molar-refractivity contribution in [2.45, 2.75) is 13.3 Å². The van der Waals surface area contributed by atoms with Crippen LogP contribution in [0.25, 0.3) is 0 Å². The summed E-state index contributed by atoms with van der Waals surface area (Å²) in [5.74, 6) is 1.54. The average molecular weight is 334 g/mol. The minimum absolute atomic E-state index is 0.00548. The van der Waals surface area contributed by atoms with Gasteiger partial charge in [-0.25, -0.2) is 0 Å². The first-order valence-corrected chi connectivity index (χ1v) is 7.50. The van der Waals surface area contributed by atoms with Gasteiger partial charge in [0.1, 0.15) is 11.5 Å². The molecule has 0 aliphatic rings. The monoisotopic (exact) mass is 333 g/mol. The van der Waals surface area contributed by atoms with Gasteiger partial charge in [0, 0.05) is 17.4 Å². The Bertz CT molecular complexity index is 564. The van der Waals surface area contributed by atoms with Crippen LogP contribution in [-0.4, -0.2) is 11.2 Å². The van der Waals surface area contributed by atoms with Crippen LogP contribution in [0, 0.1) is 6.92 Å². The predicted molar refractivity (Wildman–Crippen MR) is 84.7 cm³/mol. The van der Waals surface area contributed by atoms with E-state index in [1.807, 2.05) is 55.5 Å². The van der Waals surface area contributed by atoms with E-state index in [9.17, 15) is 4.79 Å². The molecule has 0 fully saturated rings. The lowest BCUT2D eigenvalue weighted by Crippen LogP contribution is -2.11. The molecule has 0 radical (unpaired) electrons. The molecule has 2 aromatic carbocycles. The molecular weight excluding hydrogens is 318 g/mol. The van der Waals surface area contributed by atoms with Gasteiger partial charge >= 0.3 is 0 Å². The number of aryl methyl sites for hydroxylation is 1. The molecule has 20 heavy (non-hydrogen) atoms. The van der Waals surface area contributed by atoms with Crippen LogP contribution in [0.1, 0.15) is 12.0 Å². The minimum Gasteiger partial charge on any atom is -0.457 e. The van der Waals surface area contributed by atoms with E-state index in [1.165, 1.54) is 5.56 Å². The van der Waals surface area contributed by atoms with Crippen LogP contribution in [0.2, 0.25) is 0 Å². The fraction of sp³-hybridized carbons (Fsp3) is 0.188. The highest BCUT2D eigenvalue weighted by molar-refractivity contribution is 9.09. The molecule has 0 unspecified atom stereocenters. The fourth-order valence-electron chi connectivity index (χ4n) is 1.66. The number of ether oxygens (including phenoxy) is 1. The number of hydrogen-bond acceptors (Lipinski definition) is 2. The van der Waals surface area contributed by atoms with Crippen molar-refractivity contribution in [2.24, 2.45) is 0 Å². The molecule has 3 nitrogen and oxygen atoms in total. The first-order chi connectivity index (χ1) is 9.67. The second kappa shape index (κ2) is 7.10. The number of benzene rings is 2. The molecule has 0 aliphatic carbocycles. The van der Waals surface area contributed by atoms with E-state index in [2.05, 4.69) is 21.2 Å². The number of alkyl halides is 1. The van der Waals surface area contributed by atoms with Gasteiger partial charge in [-0.15, -0.1) is 0 Å². The maximum atomic E-state index is 11.4. The van der Waals surface area contributed by atoms with Crippen molar-refractivity contribution in [1.82, 2.24) is 0 Å². The summed E-state index contributed by atoms with van der Waals surface area (Å²) in [5, 5.41) is 3.48. The van der Waals surface area contributed by atoms with Crippen LogP contribution in [0.4, 0.5) is 5.69 Å². The highest BCUT2D eigenvalue weighted by Crippen LogP contribution is 2.23. The average Bonchev–Trinajstić information content (AvgIpc) is 2.44. The van der Waals surface area contributed by atoms with Crippen molar-refractivity contribution in [3.05, 3.63) is 54.1 Å². The normalized spacial score (nSPS) is 10.1. The zero-order valence-electron chi connectivity index (χ0n) is 11.2. The summed E-state index contributed by atoms with van der Waals surface area (Å²) in [6, 6.07) is 15.2. The maximum Gasteiger partial charge on any atom is 0.225 e. The number of anilines is 1. The Morgan fingerprint density at radius 2 is 1.60 bits per heavy atom. The number of hydrogen-bond donors (Lipinski definition) is 1. The van der Waals surface area contributed by atoms with Gasteiger partial charge in [-0.1, -0.05) is 33.6 Å². The molecular formula is C16H16BrNO2. The second-order valence-electron chi connectivity index (χ2n) is 4.43. The van der Waals surface area contributed by atoms with E-state index >= 15 is 0 Å². The van der Waals surface area contributed by atoms with E-state index < -0.39 is 0 Å². The molecule has 4 heteroatoms. The molecule has 0 bridgehead atoms. The molecule has 2 rings (SSSR count). The van der Waals surface area contributed by atoms with Crippen molar-refractivity contribution < 1.29 is 9.53 Å². The van der Waals surface area contributed by atoms with Crippen LogP contribution >= 0.6 is 15.9 Å². The standard InChI is InChI=1S/C16H16BrNO2/c1-12-2-6-14(7-3-12)20-15-8-4-13(5-9-15)18-16(19)10-11-17/h2-9H,10-11H2,1H3,(H,18,19). The summed E-state index contributed by atoms with van der Waals surface area (Å²) >= 11 is 3.24. The minimum atomic E-state index is -0.00548. The van der Waals surface area contributed by atoms with Crippen molar-refractivity contribution in [1.29, 1.82) is 0 Å². The quantitative estimate of drug-likeness (QED) is 0.817. The largest absolute Gasteiger partial charge is 0.457 e. The molecule has 0 aromatic heterocycles. The van der Waals surface area contributed by atoms with E-state index in [0.29, 0.717) is 11.8 Å². The molecule has 1 N–H and O–H groups in total. The van der Waals surface area contributed by atoms with E-state index in [-0.39, 0.29) is 5.91 Å². The van der Waals surface area contributed by atoms with Crippen LogP contribution < -0.4 is 10.1 Å². The Balaban J connectivity index is 1.97. The van der Waals surface area contributed by atoms with Crippen LogP contribution in [-0.2, 0) is 4.79 Å². The lowest BCUT2D eigenvalue weighted by atomic mass is 10.2. The van der Waals surface area contributed by atoms with Gasteiger partial charge in [0.2, 0.25) is 5.91 Å². The highest BCUT2D eigenvalue weighted by Gasteiger charge is 2.02. The summed E-state index contributed by atoms with van der Waals surface area (Å²) < 4.78 is 5.72. The van der Waals surface area contributed by atoms with E-state index in [1.54, 1.807) is 0 Å². The Morgan fingerprint density at radius 1 is 1.05 bits per heavy atom. The van der Waals surface area contributed by atoms with Crippen molar-refractivity contribution >= 4 is 27.5 Å². The second-order valence-corrected chi connectivity index (χ2v) is 5.22. The smallest absolute Gasteiger partial charge is 0.225 e. The Labute approximate surface area is 127 Å². The Morgan fingerprint density at radius 3 is 2.15 bits per heavy atom. The molecule has 104 valence electrons. The summed E-state index contributed by atoms with van der Waals surface area (Å²) in [4.78, 5) is 11.4. The first kappa shape index (κ1) is 14.6. The number of rotatable bonds is 5. The molecule has 0 spiro atoms. The zero-order valence-corrected chi connectivity index (χ0v) is 12.8. The summed E-state index contributed by atoms with van der Waals surface area (Å²) in [6.45, 7) is 2.04. The van der Waals surface area contributed by atoms with Crippen molar-refractivity contribution in [3.63, 3.8) is 0 Å². The molecule has 0 saturated carbocycles. The predicted octanol–water partition coefficient (Wildman–Crippen LogP) is 4.51. The Kier molecular flexibility index (Phi) is 5.18. The molecule has 0 saturated heterocycles. The highest BCUT2D eigenvalue weighted by atomic mass is 79.9. The van der Waals surface area contributed by atoms with Gasteiger partial charge in [-0.2, -0.15) is 0 Å². The zero-order chi connectivity index (χ0) is 14.4. The summed E-state index contributed by atoms with van der Waals surface area (Å²) in [5.41, 5.74) is 1.97. The molecule has 0 atom stereocenters. The van der Waals surface area contributed by atoms with Crippen molar-refractivity contribution in [3.8, 4) is 11.5 Å². The molecule has 1 amide bonds. The van der Waals surface area contributed by atoms with Gasteiger partial charge in [0.15, 0.2) is 0 Å². The number of carbonyl (C=O) groups is 1. The maximum absolute atomic E-state index is 11.4. The third kappa shape index (κ3) is 4.38. The molecule has 2 aromatic rings. The molecule has 0 heterocycles. The van der Waals surface area contributed by atoms with Gasteiger partial charge in [0.05, 0.1) is 0 Å². The van der Waals surface area contributed by atoms with Gasteiger partial charge < -0.3 is 10.1 Å². The SMILES string of the molecule is Cc1ccc(Oc2ccc(NC(=O)CCBr)cc2)cc1. The lowest BCUT2D eigenvalue weighted by molar-refractivity contribution is -0.115. The van der Waals surface area contributed by atoms with Crippen molar-refractivity contribution in [2.75, 3.05) is 10.6 Å². The fourth-order valence-corrected chi connectivity index (χ4v) is 2.02. The molecule has 0 aliphatic heterocycles. The third-order valence-electron chi connectivity index (χ3n) is 2.72. The first-order valence-electron chi connectivity index (χ1n) is 6.38. The van der Waals surface area contributed by atoms with Gasteiger partial charge in [0.25, 0.3) is 0 Å². The number of nitrogens with one attached hydrogen (secondary N) is 1. The summed E-state index contributed by atoms with van der Waals surface area (Å²) in [6.07, 6.45) is 0.460. The third-order valence-corrected chi connectivity index (χ3v) is 3.11. The van der Waals surface area contributed by atoms with Crippen LogP contribution in [0.15, 0.2) is 48.5 Å². The van der Waals surface area contributed by atoms with Gasteiger partial charge in [-0.05, 0) is 43.3 Å². The number of amides is 1. The van der Waals surface area contributed by atoms with E-state index in [0.717, 1.165) is 17.2 Å². The number of halogens is 1. The van der Waals surface area contributed by atoms with Crippen LogP contribution in [0.5, 0.6) is 11.5 Å². The Hall–Kier alpha value is -1.81. The van der Waals surface area contributed by atoms with E-state index in [4.69, 9.17) is 4.74 Å². The van der Waals surface area contributed by atoms with Gasteiger partial charge in [-0.3, -0.25) is 4.79 Å². The lowest BCUT2D eigenvalue weighted by Gasteiger charge is -2.08. The topological polar surface area (TPSA) is 38.3 Å².